The third kappa shape index (κ3) is 3.36. The van der Waals surface area contributed by atoms with Gasteiger partial charge in [0.15, 0.2) is 5.65 Å². The SMILES string of the molecule is COCC(O)CCNc1ccc2nnc(C(F)F)n2n1. The number of aromatic nitrogens is 4. The van der Waals surface area contributed by atoms with Crippen molar-refractivity contribution < 1.29 is 18.6 Å². The van der Waals surface area contributed by atoms with E-state index in [0.29, 0.717) is 18.8 Å². The number of aliphatic hydroxyl groups is 1. The predicted molar refractivity (Wildman–Crippen MR) is 66.7 cm³/mol. The van der Waals surface area contributed by atoms with Gasteiger partial charge in [-0.3, -0.25) is 0 Å². The molecule has 0 aliphatic carbocycles. The van der Waals surface area contributed by atoms with Gasteiger partial charge in [0.05, 0.1) is 12.7 Å². The van der Waals surface area contributed by atoms with E-state index in [4.69, 9.17) is 4.74 Å². The summed E-state index contributed by atoms with van der Waals surface area (Å²) in [5.74, 6) is -0.0908. The Kier molecular flexibility index (Phi) is 4.74. The Morgan fingerprint density at radius 1 is 1.40 bits per heavy atom. The lowest BCUT2D eigenvalue weighted by Crippen LogP contribution is -2.19. The van der Waals surface area contributed by atoms with Crippen molar-refractivity contribution in [2.45, 2.75) is 19.0 Å². The van der Waals surface area contributed by atoms with Crippen LogP contribution in [0.3, 0.4) is 0 Å². The summed E-state index contributed by atoms with van der Waals surface area (Å²) in [7, 11) is 1.50. The average molecular weight is 287 g/mol. The molecule has 0 saturated heterocycles. The summed E-state index contributed by atoms with van der Waals surface area (Å²) in [6.45, 7) is 0.685. The van der Waals surface area contributed by atoms with Crippen molar-refractivity contribution in [3.8, 4) is 0 Å². The molecule has 2 N–H and O–H groups in total. The quantitative estimate of drug-likeness (QED) is 0.786. The number of methoxy groups -OCH3 is 1. The van der Waals surface area contributed by atoms with Crippen LogP contribution in [-0.4, -0.2) is 51.3 Å². The van der Waals surface area contributed by atoms with Crippen LogP contribution in [0.1, 0.15) is 18.7 Å². The second-order valence-corrected chi connectivity index (χ2v) is 4.17. The number of fused-ring (bicyclic) bond motifs is 1. The summed E-state index contributed by atoms with van der Waals surface area (Å²) in [6.07, 6.45) is -2.86. The molecule has 0 radical (unpaired) electrons. The maximum absolute atomic E-state index is 12.7. The molecule has 2 rings (SSSR count). The van der Waals surface area contributed by atoms with Crippen molar-refractivity contribution in [3.63, 3.8) is 0 Å². The lowest BCUT2D eigenvalue weighted by molar-refractivity contribution is 0.0615. The summed E-state index contributed by atoms with van der Waals surface area (Å²) in [5.41, 5.74) is 0.255. The topological polar surface area (TPSA) is 84.6 Å². The average Bonchev–Trinajstić information content (AvgIpc) is 2.82. The summed E-state index contributed by atoms with van der Waals surface area (Å²) in [4.78, 5) is 0. The van der Waals surface area contributed by atoms with Crippen molar-refractivity contribution >= 4 is 11.5 Å². The van der Waals surface area contributed by atoms with Crippen molar-refractivity contribution in [3.05, 3.63) is 18.0 Å². The lowest BCUT2D eigenvalue weighted by atomic mass is 10.2. The predicted octanol–water partition coefficient (Wildman–Crippen LogP) is 0.871. The molecule has 0 bridgehead atoms. The molecule has 0 spiro atoms. The molecule has 110 valence electrons. The Hall–Kier alpha value is -1.87. The standard InChI is InChI=1S/C11H15F2N5O2/c1-20-6-7(19)4-5-14-8-2-3-9-15-16-11(10(12)13)18(9)17-8/h2-3,7,10,19H,4-6H2,1H3,(H,14,17). The highest BCUT2D eigenvalue weighted by Gasteiger charge is 2.16. The normalized spacial score (nSPS) is 13.1. The molecule has 0 amide bonds. The van der Waals surface area contributed by atoms with Gasteiger partial charge < -0.3 is 15.2 Å². The zero-order chi connectivity index (χ0) is 14.5. The first kappa shape index (κ1) is 14.5. The summed E-state index contributed by atoms with van der Waals surface area (Å²) >= 11 is 0. The fraction of sp³-hybridized carbons (Fsp3) is 0.545. The zero-order valence-electron chi connectivity index (χ0n) is 10.8. The molecule has 1 unspecified atom stereocenters. The van der Waals surface area contributed by atoms with E-state index in [2.05, 4.69) is 20.6 Å². The van der Waals surface area contributed by atoms with Gasteiger partial charge in [0.2, 0.25) is 5.82 Å². The third-order valence-corrected chi connectivity index (χ3v) is 2.62. The van der Waals surface area contributed by atoms with E-state index in [1.807, 2.05) is 0 Å². The number of hydrogen-bond acceptors (Lipinski definition) is 6. The highest BCUT2D eigenvalue weighted by Crippen LogP contribution is 2.17. The Labute approximate surface area is 113 Å². The van der Waals surface area contributed by atoms with Crippen molar-refractivity contribution in [1.29, 1.82) is 0 Å². The highest BCUT2D eigenvalue weighted by molar-refractivity contribution is 5.43. The molecule has 0 fully saturated rings. The molecule has 0 saturated carbocycles. The van der Waals surface area contributed by atoms with Crippen molar-refractivity contribution in [2.24, 2.45) is 0 Å². The first-order valence-corrected chi connectivity index (χ1v) is 6.03. The molecular formula is C11H15F2N5O2. The van der Waals surface area contributed by atoms with E-state index in [-0.39, 0.29) is 12.3 Å². The van der Waals surface area contributed by atoms with Crippen LogP contribution in [0.5, 0.6) is 0 Å². The minimum Gasteiger partial charge on any atom is -0.391 e. The van der Waals surface area contributed by atoms with Crippen molar-refractivity contribution in [2.75, 3.05) is 25.6 Å². The molecule has 1 atom stereocenters. The minimum atomic E-state index is -2.74. The van der Waals surface area contributed by atoms with E-state index < -0.39 is 18.4 Å². The summed E-state index contributed by atoms with van der Waals surface area (Å²) in [6, 6.07) is 3.15. The van der Waals surface area contributed by atoms with Gasteiger partial charge in [0.25, 0.3) is 6.43 Å². The highest BCUT2D eigenvalue weighted by atomic mass is 19.3. The first-order chi connectivity index (χ1) is 9.61. The van der Waals surface area contributed by atoms with Gasteiger partial charge >= 0.3 is 0 Å². The van der Waals surface area contributed by atoms with Gasteiger partial charge in [-0.1, -0.05) is 0 Å². The van der Waals surface area contributed by atoms with Crippen LogP contribution in [0.25, 0.3) is 5.65 Å². The fourth-order valence-corrected chi connectivity index (χ4v) is 1.68. The molecule has 9 heteroatoms. The number of halogens is 2. The van der Waals surface area contributed by atoms with Gasteiger partial charge in [0.1, 0.15) is 5.82 Å². The number of aliphatic hydroxyl groups excluding tert-OH is 1. The van der Waals surface area contributed by atoms with Crippen LogP contribution < -0.4 is 5.32 Å². The smallest absolute Gasteiger partial charge is 0.299 e. The Balaban J connectivity index is 2.02. The molecule has 2 aromatic rings. The Morgan fingerprint density at radius 2 is 2.20 bits per heavy atom. The van der Waals surface area contributed by atoms with Gasteiger partial charge in [-0.2, -0.15) is 4.52 Å². The molecule has 20 heavy (non-hydrogen) atoms. The molecule has 7 nitrogen and oxygen atoms in total. The minimum absolute atomic E-state index is 0.245. The third-order valence-electron chi connectivity index (χ3n) is 2.62. The Bertz CT molecular complexity index is 563. The van der Waals surface area contributed by atoms with Crippen LogP contribution in [-0.2, 0) is 4.74 Å². The second kappa shape index (κ2) is 6.53. The summed E-state index contributed by atoms with van der Waals surface area (Å²) in [5, 5.41) is 23.4. The monoisotopic (exact) mass is 287 g/mol. The van der Waals surface area contributed by atoms with Gasteiger partial charge in [0, 0.05) is 13.7 Å². The maximum Gasteiger partial charge on any atom is 0.299 e. The number of hydrogen-bond donors (Lipinski definition) is 2. The first-order valence-electron chi connectivity index (χ1n) is 6.03. The van der Waals surface area contributed by atoms with E-state index in [0.717, 1.165) is 4.52 Å². The van der Waals surface area contributed by atoms with Crippen LogP contribution >= 0.6 is 0 Å². The largest absolute Gasteiger partial charge is 0.391 e. The second-order valence-electron chi connectivity index (χ2n) is 4.17. The molecule has 0 aliphatic rings. The van der Waals surface area contributed by atoms with E-state index in [9.17, 15) is 13.9 Å². The van der Waals surface area contributed by atoms with E-state index >= 15 is 0 Å². The van der Waals surface area contributed by atoms with E-state index in [1.165, 1.54) is 7.11 Å². The molecule has 0 aliphatic heterocycles. The number of nitrogens with zero attached hydrogens (tertiary/aromatic N) is 4. The lowest BCUT2D eigenvalue weighted by Gasteiger charge is -2.10. The van der Waals surface area contributed by atoms with Crippen LogP contribution in [0.2, 0.25) is 0 Å². The van der Waals surface area contributed by atoms with Crippen LogP contribution in [0, 0.1) is 0 Å². The van der Waals surface area contributed by atoms with Crippen LogP contribution in [0.4, 0.5) is 14.6 Å². The van der Waals surface area contributed by atoms with Crippen molar-refractivity contribution in [1.82, 2.24) is 19.8 Å². The number of ether oxygens (including phenoxy) is 1. The molecule has 0 aromatic carbocycles. The number of nitrogens with one attached hydrogen (secondary N) is 1. The summed E-state index contributed by atoms with van der Waals surface area (Å²) < 4.78 is 31.1. The van der Waals surface area contributed by atoms with E-state index in [1.54, 1.807) is 12.1 Å². The number of rotatable bonds is 7. The molecule has 2 heterocycles. The fourth-order valence-electron chi connectivity index (χ4n) is 1.68. The number of anilines is 1. The Morgan fingerprint density at radius 3 is 2.90 bits per heavy atom. The molecular weight excluding hydrogens is 272 g/mol. The zero-order valence-corrected chi connectivity index (χ0v) is 10.8. The van der Waals surface area contributed by atoms with Gasteiger partial charge in [-0.05, 0) is 18.6 Å². The molecule has 2 aromatic heterocycles. The van der Waals surface area contributed by atoms with Gasteiger partial charge in [-0.15, -0.1) is 15.3 Å². The number of alkyl halides is 2. The van der Waals surface area contributed by atoms with Gasteiger partial charge in [-0.25, -0.2) is 8.78 Å². The maximum atomic E-state index is 12.7. The van der Waals surface area contributed by atoms with Crippen LogP contribution in [0.15, 0.2) is 12.1 Å².